The normalized spacial score (nSPS) is 10.4. The lowest BCUT2D eigenvalue weighted by molar-refractivity contribution is -0.142. The summed E-state index contributed by atoms with van der Waals surface area (Å²) in [7, 11) is 0. The molecule has 2 aromatic carbocycles. The van der Waals surface area contributed by atoms with E-state index in [1.165, 1.54) is 30.3 Å². The molecule has 0 bridgehead atoms. The van der Waals surface area contributed by atoms with Gasteiger partial charge in [0, 0.05) is 11.8 Å². The van der Waals surface area contributed by atoms with Crippen molar-refractivity contribution >= 4 is 23.6 Å². The number of carbonyl (C=O) groups is 2. The van der Waals surface area contributed by atoms with Crippen LogP contribution < -0.4 is 5.32 Å². The first-order chi connectivity index (χ1) is 10.6. The minimum atomic E-state index is -0.613. The zero-order chi connectivity index (χ0) is 15.8. The first-order valence-corrected chi connectivity index (χ1v) is 6.59. The van der Waals surface area contributed by atoms with E-state index in [0.717, 1.165) is 5.56 Å². The highest BCUT2D eigenvalue weighted by atomic mass is 19.1. The molecule has 0 aliphatic rings. The molecule has 0 atom stereocenters. The Bertz CT molecular complexity index is 666. The van der Waals surface area contributed by atoms with Gasteiger partial charge in [0.1, 0.15) is 5.82 Å². The number of ether oxygens (including phenoxy) is 1. The van der Waals surface area contributed by atoms with Gasteiger partial charge in [0.15, 0.2) is 6.61 Å². The van der Waals surface area contributed by atoms with Crippen molar-refractivity contribution < 1.29 is 18.7 Å². The molecule has 0 saturated heterocycles. The molecule has 2 rings (SSSR count). The van der Waals surface area contributed by atoms with E-state index in [-0.39, 0.29) is 0 Å². The van der Waals surface area contributed by atoms with Gasteiger partial charge in [-0.15, -0.1) is 0 Å². The Labute approximate surface area is 127 Å². The number of carbonyl (C=O) groups excluding carboxylic acids is 2. The Hall–Kier alpha value is -2.95. The van der Waals surface area contributed by atoms with Gasteiger partial charge < -0.3 is 10.1 Å². The van der Waals surface area contributed by atoms with Crippen LogP contribution in [0.25, 0.3) is 6.08 Å². The summed E-state index contributed by atoms with van der Waals surface area (Å²) in [4.78, 5) is 23.0. The second-order valence-electron chi connectivity index (χ2n) is 4.41. The Morgan fingerprint density at radius 2 is 1.73 bits per heavy atom. The molecule has 0 aromatic heterocycles. The van der Waals surface area contributed by atoms with Crippen molar-refractivity contribution in [2.45, 2.75) is 0 Å². The monoisotopic (exact) mass is 299 g/mol. The topological polar surface area (TPSA) is 55.4 Å². The number of benzene rings is 2. The van der Waals surface area contributed by atoms with E-state index in [2.05, 4.69) is 5.32 Å². The van der Waals surface area contributed by atoms with Crippen molar-refractivity contribution in [3.05, 3.63) is 72.1 Å². The number of esters is 1. The molecule has 0 saturated carbocycles. The van der Waals surface area contributed by atoms with Gasteiger partial charge in [-0.3, -0.25) is 4.79 Å². The number of anilines is 1. The van der Waals surface area contributed by atoms with Crippen molar-refractivity contribution in [1.82, 2.24) is 0 Å². The first kappa shape index (κ1) is 15.4. The fourth-order valence-corrected chi connectivity index (χ4v) is 1.64. The molecule has 0 radical (unpaired) electrons. The highest BCUT2D eigenvalue weighted by Gasteiger charge is 2.05. The second-order valence-corrected chi connectivity index (χ2v) is 4.41. The Morgan fingerprint density at radius 1 is 1.05 bits per heavy atom. The quantitative estimate of drug-likeness (QED) is 0.682. The van der Waals surface area contributed by atoms with Crippen LogP contribution in [0.4, 0.5) is 10.1 Å². The maximum Gasteiger partial charge on any atom is 0.331 e. The van der Waals surface area contributed by atoms with Gasteiger partial charge in [-0.05, 0) is 35.9 Å². The third kappa shape index (κ3) is 5.20. The van der Waals surface area contributed by atoms with E-state index >= 15 is 0 Å². The zero-order valence-electron chi connectivity index (χ0n) is 11.7. The first-order valence-electron chi connectivity index (χ1n) is 6.59. The third-order valence-corrected chi connectivity index (χ3v) is 2.68. The summed E-state index contributed by atoms with van der Waals surface area (Å²) in [5, 5.41) is 2.49. The summed E-state index contributed by atoms with van der Waals surface area (Å²) in [6.07, 6.45) is 2.85. The van der Waals surface area contributed by atoms with Crippen LogP contribution in [0.15, 0.2) is 60.7 Å². The predicted octanol–water partition coefficient (Wildman–Crippen LogP) is 3.02. The van der Waals surface area contributed by atoms with Gasteiger partial charge in [-0.2, -0.15) is 0 Å². The molecule has 5 heteroatoms. The summed E-state index contributed by atoms with van der Waals surface area (Å²) in [5.74, 6) is -1.50. The Morgan fingerprint density at radius 3 is 2.41 bits per heavy atom. The molecule has 1 N–H and O–H groups in total. The third-order valence-electron chi connectivity index (χ3n) is 2.68. The summed E-state index contributed by atoms with van der Waals surface area (Å²) >= 11 is 0. The fourth-order valence-electron chi connectivity index (χ4n) is 1.64. The molecule has 0 spiro atoms. The SMILES string of the molecule is O=C(COC(=O)/C=C/c1ccccc1)Nc1ccc(F)cc1. The number of hydrogen-bond donors (Lipinski definition) is 1. The lowest BCUT2D eigenvalue weighted by Crippen LogP contribution is -2.20. The molecule has 0 heterocycles. The maximum absolute atomic E-state index is 12.7. The van der Waals surface area contributed by atoms with Gasteiger partial charge in [0.25, 0.3) is 5.91 Å². The van der Waals surface area contributed by atoms with Crippen molar-refractivity contribution in [2.24, 2.45) is 0 Å². The zero-order valence-corrected chi connectivity index (χ0v) is 11.7. The number of amides is 1. The highest BCUT2D eigenvalue weighted by Crippen LogP contribution is 2.08. The molecule has 112 valence electrons. The van der Waals surface area contributed by atoms with Gasteiger partial charge in [0.05, 0.1) is 0 Å². The van der Waals surface area contributed by atoms with Crippen LogP contribution in [-0.2, 0) is 14.3 Å². The number of halogens is 1. The van der Waals surface area contributed by atoms with Crippen LogP contribution in [0, 0.1) is 5.82 Å². The summed E-state index contributed by atoms with van der Waals surface area (Å²) in [6, 6.07) is 14.5. The van der Waals surface area contributed by atoms with Crippen LogP contribution in [0.1, 0.15) is 5.56 Å². The molecular weight excluding hydrogens is 285 g/mol. The average molecular weight is 299 g/mol. The Kier molecular flexibility index (Phi) is 5.43. The van der Waals surface area contributed by atoms with Crippen LogP contribution in [0.2, 0.25) is 0 Å². The van der Waals surface area contributed by atoms with E-state index in [1.54, 1.807) is 6.08 Å². The lowest BCUT2D eigenvalue weighted by atomic mass is 10.2. The van der Waals surface area contributed by atoms with Crippen molar-refractivity contribution in [1.29, 1.82) is 0 Å². The molecular formula is C17H14FNO3. The second kappa shape index (κ2) is 7.73. The van der Waals surface area contributed by atoms with Crippen molar-refractivity contribution in [3.63, 3.8) is 0 Å². The number of hydrogen-bond acceptors (Lipinski definition) is 3. The van der Waals surface area contributed by atoms with E-state index < -0.39 is 24.3 Å². The molecule has 0 aliphatic carbocycles. The Balaban J connectivity index is 1.77. The molecule has 22 heavy (non-hydrogen) atoms. The predicted molar refractivity (Wildman–Crippen MR) is 81.5 cm³/mol. The standard InChI is InChI=1S/C17H14FNO3/c18-14-7-9-15(10-8-14)19-16(20)12-22-17(21)11-6-13-4-2-1-3-5-13/h1-11H,12H2,(H,19,20)/b11-6+. The molecule has 2 aromatic rings. The smallest absolute Gasteiger partial charge is 0.331 e. The van der Waals surface area contributed by atoms with Crippen LogP contribution in [0.5, 0.6) is 0 Å². The van der Waals surface area contributed by atoms with Gasteiger partial charge in [-0.1, -0.05) is 30.3 Å². The molecule has 1 amide bonds. The van der Waals surface area contributed by atoms with E-state index in [1.807, 2.05) is 30.3 Å². The van der Waals surface area contributed by atoms with Crippen LogP contribution >= 0.6 is 0 Å². The minimum Gasteiger partial charge on any atom is -0.452 e. The van der Waals surface area contributed by atoms with Crippen LogP contribution in [0.3, 0.4) is 0 Å². The molecule has 0 unspecified atom stereocenters. The summed E-state index contributed by atoms with van der Waals surface area (Å²) in [6.45, 7) is -0.407. The highest BCUT2D eigenvalue weighted by molar-refractivity contribution is 5.94. The fraction of sp³-hybridized carbons (Fsp3) is 0.0588. The number of rotatable bonds is 5. The lowest BCUT2D eigenvalue weighted by Gasteiger charge is -2.05. The average Bonchev–Trinajstić information content (AvgIpc) is 2.54. The molecule has 4 nitrogen and oxygen atoms in total. The van der Waals surface area contributed by atoms with E-state index in [4.69, 9.17) is 4.74 Å². The van der Waals surface area contributed by atoms with Crippen molar-refractivity contribution in [3.8, 4) is 0 Å². The minimum absolute atomic E-state index is 0.393. The molecule has 0 fully saturated rings. The van der Waals surface area contributed by atoms with E-state index in [9.17, 15) is 14.0 Å². The van der Waals surface area contributed by atoms with Gasteiger partial charge in [-0.25, -0.2) is 9.18 Å². The largest absolute Gasteiger partial charge is 0.452 e. The maximum atomic E-state index is 12.7. The summed E-state index contributed by atoms with van der Waals surface area (Å²) < 4.78 is 17.5. The van der Waals surface area contributed by atoms with E-state index in [0.29, 0.717) is 5.69 Å². The number of nitrogens with one attached hydrogen (secondary N) is 1. The van der Waals surface area contributed by atoms with Gasteiger partial charge in [0.2, 0.25) is 0 Å². The molecule has 0 aliphatic heterocycles. The van der Waals surface area contributed by atoms with Crippen molar-refractivity contribution in [2.75, 3.05) is 11.9 Å². The summed E-state index contributed by atoms with van der Waals surface area (Å²) in [5.41, 5.74) is 1.29. The van der Waals surface area contributed by atoms with Crippen LogP contribution in [-0.4, -0.2) is 18.5 Å². The van der Waals surface area contributed by atoms with Gasteiger partial charge >= 0.3 is 5.97 Å².